The third kappa shape index (κ3) is 3.65. The molecule has 1 aliphatic heterocycles. The summed E-state index contributed by atoms with van der Waals surface area (Å²) in [6.07, 6.45) is 2.59. The highest BCUT2D eigenvalue weighted by Crippen LogP contribution is 2.23. The van der Waals surface area contributed by atoms with E-state index in [1.54, 1.807) is 0 Å². The van der Waals surface area contributed by atoms with Crippen molar-refractivity contribution in [3.05, 3.63) is 28.2 Å². The van der Waals surface area contributed by atoms with Crippen molar-refractivity contribution >= 4 is 28.3 Å². The number of rotatable bonds is 2. The van der Waals surface area contributed by atoms with Gasteiger partial charge in [0.05, 0.1) is 0 Å². The van der Waals surface area contributed by atoms with Gasteiger partial charge in [-0.2, -0.15) is 0 Å². The Morgan fingerprint density at radius 1 is 1.31 bits per heavy atom. The molecule has 1 fully saturated rings. The number of aryl methyl sites for hydroxylation is 1. The van der Waals surface area contributed by atoms with Crippen molar-refractivity contribution < 1.29 is 4.74 Å². The summed E-state index contributed by atoms with van der Waals surface area (Å²) in [6, 6.07) is 6.16. The Labute approximate surface area is 111 Å². The summed E-state index contributed by atoms with van der Waals surface area (Å²) in [5.41, 5.74) is 1.22. The lowest BCUT2D eigenvalue weighted by atomic mass is 10.1. The SMILES string of the molecule is Cc1cc(OC2CCNCC2)ccc1Br.Cl. The minimum atomic E-state index is 0. The fraction of sp³-hybridized carbons (Fsp3) is 0.500. The lowest BCUT2D eigenvalue weighted by Crippen LogP contribution is -2.34. The van der Waals surface area contributed by atoms with Gasteiger partial charge in [-0.25, -0.2) is 0 Å². The van der Waals surface area contributed by atoms with E-state index in [2.05, 4.69) is 34.2 Å². The molecular formula is C12H17BrClNO. The molecule has 4 heteroatoms. The van der Waals surface area contributed by atoms with Crippen LogP contribution in [0.25, 0.3) is 0 Å². The normalized spacial score (nSPS) is 16.6. The van der Waals surface area contributed by atoms with E-state index in [1.165, 1.54) is 5.56 Å². The summed E-state index contributed by atoms with van der Waals surface area (Å²) in [4.78, 5) is 0. The van der Waals surface area contributed by atoms with Crippen molar-refractivity contribution in [3.8, 4) is 5.75 Å². The first-order chi connectivity index (χ1) is 7.25. The van der Waals surface area contributed by atoms with Gasteiger partial charge < -0.3 is 10.1 Å². The Morgan fingerprint density at radius 2 is 2.00 bits per heavy atom. The standard InChI is InChI=1S/C12H16BrNO.ClH/c1-9-8-11(2-3-12(9)13)15-10-4-6-14-7-5-10;/h2-3,8,10,14H,4-7H2,1H3;1H. The first kappa shape index (κ1) is 13.8. The van der Waals surface area contributed by atoms with Crippen molar-refractivity contribution in [2.75, 3.05) is 13.1 Å². The van der Waals surface area contributed by atoms with Crippen LogP contribution in [0.15, 0.2) is 22.7 Å². The maximum absolute atomic E-state index is 5.93. The van der Waals surface area contributed by atoms with E-state index in [1.807, 2.05) is 12.1 Å². The summed E-state index contributed by atoms with van der Waals surface area (Å²) in [6.45, 7) is 4.22. The maximum atomic E-state index is 5.93. The topological polar surface area (TPSA) is 21.3 Å². The minimum Gasteiger partial charge on any atom is -0.490 e. The molecule has 0 saturated carbocycles. The highest BCUT2D eigenvalue weighted by molar-refractivity contribution is 9.10. The third-order valence-electron chi connectivity index (χ3n) is 2.72. The van der Waals surface area contributed by atoms with Crippen LogP contribution in [0.5, 0.6) is 5.75 Å². The molecule has 0 aromatic heterocycles. The Balaban J connectivity index is 0.00000128. The van der Waals surface area contributed by atoms with Crippen LogP contribution in [0, 0.1) is 6.92 Å². The monoisotopic (exact) mass is 305 g/mol. The first-order valence-electron chi connectivity index (χ1n) is 5.39. The predicted molar refractivity (Wildman–Crippen MR) is 72.6 cm³/mol. The van der Waals surface area contributed by atoms with Crippen molar-refractivity contribution in [1.29, 1.82) is 0 Å². The van der Waals surface area contributed by atoms with Gasteiger partial charge in [-0.15, -0.1) is 12.4 Å². The van der Waals surface area contributed by atoms with E-state index in [4.69, 9.17) is 4.74 Å². The average Bonchev–Trinajstić information content (AvgIpc) is 2.25. The number of halogens is 2. The number of piperidine rings is 1. The summed E-state index contributed by atoms with van der Waals surface area (Å²) in [5, 5.41) is 3.33. The smallest absolute Gasteiger partial charge is 0.120 e. The Kier molecular flexibility index (Phi) is 5.59. The Bertz CT molecular complexity index is 340. The minimum absolute atomic E-state index is 0. The second-order valence-corrected chi connectivity index (χ2v) is 4.83. The number of nitrogens with one attached hydrogen (secondary N) is 1. The molecule has 1 aromatic carbocycles. The van der Waals surface area contributed by atoms with E-state index >= 15 is 0 Å². The molecule has 1 aromatic rings. The fourth-order valence-corrected chi connectivity index (χ4v) is 2.04. The molecule has 1 aliphatic rings. The summed E-state index contributed by atoms with van der Waals surface area (Å²) in [7, 11) is 0. The van der Waals surface area contributed by atoms with E-state index < -0.39 is 0 Å². The summed E-state index contributed by atoms with van der Waals surface area (Å²) in [5.74, 6) is 0.989. The van der Waals surface area contributed by atoms with Crippen LogP contribution in [0.2, 0.25) is 0 Å². The van der Waals surface area contributed by atoms with Crippen molar-refractivity contribution in [2.45, 2.75) is 25.9 Å². The molecule has 0 bridgehead atoms. The second-order valence-electron chi connectivity index (χ2n) is 3.98. The molecule has 0 aliphatic carbocycles. The van der Waals surface area contributed by atoms with Gasteiger partial charge in [-0.05, 0) is 56.6 Å². The van der Waals surface area contributed by atoms with E-state index in [0.717, 1.165) is 36.2 Å². The lowest BCUT2D eigenvalue weighted by molar-refractivity contribution is 0.162. The van der Waals surface area contributed by atoms with E-state index in [9.17, 15) is 0 Å². The highest BCUT2D eigenvalue weighted by atomic mass is 79.9. The van der Waals surface area contributed by atoms with Gasteiger partial charge in [0.2, 0.25) is 0 Å². The lowest BCUT2D eigenvalue weighted by Gasteiger charge is -2.24. The van der Waals surface area contributed by atoms with Crippen LogP contribution in [0.1, 0.15) is 18.4 Å². The molecule has 2 nitrogen and oxygen atoms in total. The van der Waals surface area contributed by atoms with Gasteiger partial charge in [0, 0.05) is 4.47 Å². The zero-order valence-corrected chi connectivity index (χ0v) is 11.7. The first-order valence-corrected chi connectivity index (χ1v) is 6.18. The molecule has 1 saturated heterocycles. The van der Waals surface area contributed by atoms with Crippen LogP contribution in [0.4, 0.5) is 0 Å². The van der Waals surface area contributed by atoms with Crippen LogP contribution in [0.3, 0.4) is 0 Å². The van der Waals surface area contributed by atoms with Crippen LogP contribution >= 0.6 is 28.3 Å². The molecule has 0 spiro atoms. The molecule has 0 atom stereocenters. The second kappa shape index (κ2) is 6.48. The zero-order valence-electron chi connectivity index (χ0n) is 9.33. The van der Waals surface area contributed by atoms with E-state index in [0.29, 0.717) is 6.10 Å². The van der Waals surface area contributed by atoms with Gasteiger partial charge in [0.1, 0.15) is 11.9 Å². The summed E-state index contributed by atoms with van der Waals surface area (Å²) >= 11 is 3.49. The highest BCUT2D eigenvalue weighted by Gasteiger charge is 2.14. The van der Waals surface area contributed by atoms with Crippen LogP contribution in [-0.2, 0) is 0 Å². The van der Waals surface area contributed by atoms with Crippen molar-refractivity contribution in [1.82, 2.24) is 5.32 Å². The fourth-order valence-electron chi connectivity index (χ4n) is 1.80. The molecule has 1 N–H and O–H groups in total. The van der Waals surface area contributed by atoms with Gasteiger partial charge in [0.25, 0.3) is 0 Å². The van der Waals surface area contributed by atoms with Gasteiger partial charge in [0.15, 0.2) is 0 Å². The summed E-state index contributed by atoms with van der Waals surface area (Å²) < 4.78 is 7.07. The molecule has 0 amide bonds. The largest absolute Gasteiger partial charge is 0.490 e. The molecule has 90 valence electrons. The van der Waals surface area contributed by atoms with Crippen molar-refractivity contribution in [3.63, 3.8) is 0 Å². The van der Waals surface area contributed by atoms with Crippen LogP contribution in [-0.4, -0.2) is 19.2 Å². The average molecular weight is 307 g/mol. The molecule has 0 radical (unpaired) electrons. The molecule has 1 heterocycles. The van der Waals surface area contributed by atoms with Gasteiger partial charge in [-0.1, -0.05) is 15.9 Å². The van der Waals surface area contributed by atoms with E-state index in [-0.39, 0.29) is 12.4 Å². The Morgan fingerprint density at radius 3 is 2.62 bits per heavy atom. The van der Waals surface area contributed by atoms with Gasteiger partial charge in [-0.3, -0.25) is 0 Å². The maximum Gasteiger partial charge on any atom is 0.120 e. The molecule has 16 heavy (non-hydrogen) atoms. The number of benzene rings is 1. The molecular weight excluding hydrogens is 289 g/mol. The third-order valence-corrected chi connectivity index (χ3v) is 3.61. The van der Waals surface area contributed by atoms with Crippen molar-refractivity contribution in [2.24, 2.45) is 0 Å². The Hall–Kier alpha value is -0.250. The number of hydrogen-bond donors (Lipinski definition) is 1. The zero-order chi connectivity index (χ0) is 10.7. The quantitative estimate of drug-likeness (QED) is 0.905. The van der Waals surface area contributed by atoms with Gasteiger partial charge >= 0.3 is 0 Å². The number of hydrogen-bond acceptors (Lipinski definition) is 2. The molecule has 0 unspecified atom stereocenters. The molecule has 2 rings (SSSR count). The van der Waals surface area contributed by atoms with Crippen LogP contribution < -0.4 is 10.1 Å². The predicted octanol–water partition coefficient (Wildman–Crippen LogP) is 3.31. The number of ether oxygens (including phenoxy) is 1.